The number of aliphatic carboxylic acids is 1. The van der Waals surface area contributed by atoms with Crippen LogP contribution in [-0.2, 0) is 16.1 Å². The van der Waals surface area contributed by atoms with Crippen molar-refractivity contribution in [3.8, 4) is 22.6 Å². The summed E-state index contributed by atoms with van der Waals surface area (Å²) in [7, 11) is 1.65. The van der Waals surface area contributed by atoms with Gasteiger partial charge in [-0.2, -0.15) is 0 Å². The van der Waals surface area contributed by atoms with E-state index in [0.29, 0.717) is 19.8 Å². The standard InChI is InChI=1S/C28H29NO5S/c1-18(12-28(30)31)21-5-7-22(8-6-21)34-16-20-4-9-27-25(13-20)26(17-35-27)24-14-23(15-29-19(24)2)33-11-10-32-3/h4-9,13-15,17-18H,10-12,16H2,1-3H3,(H,30,31)/t18-/m0/s1. The highest BCUT2D eigenvalue weighted by molar-refractivity contribution is 7.17. The van der Waals surface area contributed by atoms with Crippen LogP contribution in [0.5, 0.6) is 11.5 Å². The summed E-state index contributed by atoms with van der Waals surface area (Å²) in [4.78, 5) is 15.5. The number of rotatable bonds is 11. The molecule has 0 aliphatic rings. The van der Waals surface area contributed by atoms with Gasteiger partial charge >= 0.3 is 5.97 Å². The minimum absolute atomic E-state index is 0.0391. The minimum Gasteiger partial charge on any atom is -0.490 e. The molecule has 0 radical (unpaired) electrons. The van der Waals surface area contributed by atoms with Crippen LogP contribution in [-0.4, -0.2) is 36.4 Å². The number of carboxylic acid groups (broad SMARTS) is 1. The number of thiophene rings is 1. The molecule has 1 N–H and O–H groups in total. The molecule has 35 heavy (non-hydrogen) atoms. The number of methoxy groups -OCH3 is 1. The molecule has 0 aliphatic heterocycles. The van der Waals surface area contributed by atoms with E-state index in [2.05, 4.69) is 28.6 Å². The second-order valence-corrected chi connectivity index (χ2v) is 9.39. The molecule has 182 valence electrons. The Morgan fingerprint density at radius 1 is 1.03 bits per heavy atom. The quantitative estimate of drug-likeness (QED) is 0.243. The van der Waals surface area contributed by atoms with Gasteiger partial charge < -0.3 is 19.3 Å². The Labute approximate surface area is 209 Å². The van der Waals surface area contributed by atoms with Crippen LogP contribution < -0.4 is 9.47 Å². The molecular weight excluding hydrogens is 462 g/mol. The maximum atomic E-state index is 10.9. The van der Waals surface area contributed by atoms with Crippen molar-refractivity contribution in [2.45, 2.75) is 32.8 Å². The number of nitrogens with zero attached hydrogens (tertiary/aromatic N) is 1. The van der Waals surface area contributed by atoms with E-state index in [1.807, 2.05) is 44.2 Å². The van der Waals surface area contributed by atoms with Crippen LogP contribution in [0.4, 0.5) is 0 Å². The average molecular weight is 492 g/mol. The van der Waals surface area contributed by atoms with Gasteiger partial charge in [0.05, 0.1) is 19.2 Å². The molecule has 0 spiro atoms. The summed E-state index contributed by atoms with van der Waals surface area (Å²) >= 11 is 1.71. The normalized spacial score (nSPS) is 12.0. The summed E-state index contributed by atoms with van der Waals surface area (Å²) in [5, 5.41) is 12.3. The summed E-state index contributed by atoms with van der Waals surface area (Å²) < 4.78 is 18.1. The van der Waals surface area contributed by atoms with Crippen LogP contribution in [0, 0.1) is 6.92 Å². The zero-order valence-electron chi connectivity index (χ0n) is 20.1. The predicted molar refractivity (Wildman–Crippen MR) is 139 cm³/mol. The number of hydrogen-bond acceptors (Lipinski definition) is 6. The average Bonchev–Trinajstić information content (AvgIpc) is 3.27. The van der Waals surface area contributed by atoms with E-state index < -0.39 is 5.97 Å². The van der Waals surface area contributed by atoms with Crippen LogP contribution in [0.15, 0.2) is 60.1 Å². The van der Waals surface area contributed by atoms with Crippen molar-refractivity contribution in [1.82, 2.24) is 4.98 Å². The molecule has 7 heteroatoms. The maximum absolute atomic E-state index is 10.9. The molecule has 6 nitrogen and oxygen atoms in total. The van der Waals surface area contributed by atoms with Crippen molar-refractivity contribution in [1.29, 1.82) is 0 Å². The highest BCUT2D eigenvalue weighted by Crippen LogP contribution is 2.37. The summed E-state index contributed by atoms with van der Waals surface area (Å²) in [6.07, 6.45) is 1.86. The van der Waals surface area contributed by atoms with Gasteiger partial charge in [0.15, 0.2) is 0 Å². The number of aryl methyl sites for hydroxylation is 1. The lowest BCUT2D eigenvalue weighted by Gasteiger charge is -2.12. The van der Waals surface area contributed by atoms with Crippen LogP contribution in [0.2, 0.25) is 0 Å². The predicted octanol–water partition coefficient (Wildman–Crippen LogP) is 6.45. The largest absolute Gasteiger partial charge is 0.490 e. The molecule has 4 aromatic rings. The highest BCUT2D eigenvalue weighted by Gasteiger charge is 2.13. The monoisotopic (exact) mass is 491 g/mol. The molecule has 1 atom stereocenters. The molecule has 2 aromatic heterocycles. The maximum Gasteiger partial charge on any atom is 0.303 e. The van der Waals surface area contributed by atoms with Gasteiger partial charge in [-0.15, -0.1) is 11.3 Å². The Morgan fingerprint density at radius 2 is 1.83 bits per heavy atom. The van der Waals surface area contributed by atoms with Crippen molar-refractivity contribution in [3.63, 3.8) is 0 Å². The number of aromatic nitrogens is 1. The second-order valence-electron chi connectivity index (χ2n) is 8.48. The van der Waals surface area contributed by atoms with E-state index in [4.69, 9.17) is 19.3 Å². The zero-order valence-corrected chi connectivity index (χ0v) is 20.9. The lowest BCUT2D eigenvalue weighted by molar-refractivity contribution is -0.137. The first-order chi connectivity index (χ1) is 16.9. The Kier molecular flexibility index (Phi) is 8.00. The first kappa shape index (κ1) is 24.7. The fraction of sp³-hybridized carbons (Fsp3) is 0.286. The van der Waals surface area contributed by atoms with Crippen LogP contribution in [0.1, 0.15) is 36.1 Å². The lowest BCUT2D eigenvalue weighted by atomic mass is 9.98. The third kappa shape index (κ3) is 6.18. The van der Waals surface area contributed by atoms with Gasteiger partial charge in [-0.05, 0) is 59.7 Å². The number of pyridine rings is 1. The Bertz CT molecular complexity index is 1300. The number of ether oxygens (including phenoxy) is 3. The Morgan fingerprint density at radius 3 is 2.57 bits per heavy atom. The first-order valence-corrected chi connectivity index (χ1v) is 12.4. The van der Waals surface area contributed by atoms with Crippen LogP contribution >= 0.6 is 11.3 Å². The van der Waals surface area contributed by atoms with Crippen molar-refractivity contribution < 1.29 is 24.1 Å². The summed E-state index contributed by atoms with van der Waals surface area (Å²) in [6, 6.07) is 16.1. The third-order valence-corrected chi connectivity index (χ3v) is 6.84. The van der Waals surface area contributed by atoms with E-state index in [0.717, 1.165) is 44.8 Å². The van der Waals surface area contributed by atoms with Gasteiger partial charge in [-0.3, -0.25) is 9.78 Å². The number of hydrogen-bond donors (Lipinski definition) is 1. The molecule has 0 bridgehead atoms. The fourth-order valence-corrected chi connectivity index (χ4v) is 4.86. The number of benzene rings is 2. The van der Waals surface area contributed by atoms with Gasteiger partial charge in [0.2, 0.25) is 0 Å². The molecule has 2 heterocycles. The SMILES string of the molecule is COCCOc1cnc(C)c(-c2csc3ccc(COc4ccc([C@@H](C)CC(=O)O)cc4)cc23)c1. The highest BCUT2D eigenvalue weighted by atomic mass is 32.1. The van der Waals surface area contributed by atoms with Gasteiger partial charge in [-0.1, -0.05) is 25.1 Å². The Hall–Kier alpha value is -3.42. The van der Waals surface area contributed by atoms with Crippen molar-refractivity contribution in [3.05, 3.63) is 76.9 Å². The summed E-state index contributed by atoms with van der Waals surface area (Å²) in [6.45, 7) is 5.36. The minimum atomic E-state index is -0.794. The molecule has 0 aliphatic carbocycles. The zero-order chi connectivity index (χ0) is 24.8. The smallest absolute Gasteiger partial charge is 0.303 e. The Balaban J connectivity index is 1.50. The van der Waals surface area contributed by atoms with E-state index >= 15 is 0 Å². The van der Waals surface area contributed by atoms with E-state index in [9.17, 15) is 4.79 Å². The summed E-state index contributed by atoms with van der Waals surface area (Å²) in [5.41, 5.74) is 5.18. The molecule has 0 saturated carbocycles. The second kappa shape index (κ2) is 11.3. The third-order valence-electron chi connectivity index (χ3n) is 5.88. The van der Waals surface area contributed by atoms with E-state index in [1.165, 1.54) is 4.70 Å². The van der Waals surface area contributed by atoms with Gasteiger partial charge in [0.1, 0.15) is 24.7 Å². The number of fused-ring (bicyclic) bond motifs is 1. The molecule has 0 saturated heterocycles. The molecule has 0 fully saturated rings. The van der Waals surface area contributed by atoms with E-state index in [-0.39, 0.29) is 12.3 Å². The molecule has 0 unspecified atom stereocenters. The molecular formula is C28H29NO5S. The van der Waals surface area contributed by atoms with Crippen molar-refractivity contribution >= 4 is 27.4 Å². The molecule has 0 amide bonds. The summed E-state index contributed by atoms with van der Waals surface area (Å²) in [5.74, 6) is 0.644. The van der Waals surface area contributed by atoms with Crippen molar-refractivity contribution in [2.75, 3.05) is 20.3 Å². The van der Waals surface area contributed by atoms with Gasteiger partial charge in [0, 0.05) is 34.0 Å². The van der Waals surface area contributed by atoms with Gasteiger partial charge in [0.25, 0.3) is 0 Å². The van der Waals surface area contributed by atoms with Crippen molar-refractivity contribution in [2.24, 2.45) is 0 Å². The van der Waals surface area contributed by atoms with Crippen LogP contribution in [0.3, 0.4) is 0 Å². The van der Waals surface area contributed by atoms with Crippen LogP contribution in [0.25, 0.3) is 21.2 Å². The topological polar surface area (TPSA) is 77.9 Å². The molecule has 2 aromatic carbocycles. The molecule has 4 rings (SSSR count). The number of carbonyl (C=O) groups is 1. The number of carboxylic acids is 1. The fourth-order valence-electron chi connectivity index (χ4n) is 3.92. The lowest BCUT2D eigenvalue weighted by Crippen LogP contribution is -2.04. The first-order valence-electron chi connectivity index (χ1n) is 11.5. The van der Waals surface area contributed by atoms with E-state index in [1.54, 1.807) is 24.6 Å². The van der Waals surface area contributed by atoms with Gasteiger partial charge in [-0.25, -0.2) is 0 Å².